The Hall–Kier alpha value is -2.25. The van der Waals surface area contributed by atoms with Gasteiger partial charge >= 0.3 is 17.9 Å². The highest BCUT2D eigenvalue weighted by Crippen LogP contribution is 2.27. The van der Waals surface area contributed by atoms with Crippen molar-refractivity contribution in [1.29, 1.82) is 0 Å². The summed E-state index contributed by atoms with van der Waals surface area (Å²) in [4.78, 5) is 22.3. The average Bonchev–Trinajstić information content (AvgIpc) is 2.38. The number of halogens is 2. The van der Waals surface area contributed by atoms with E-state index in [1.54, 1.807) is 0 Å². The number of carbonyl (C=O) groups is 2. The number of hydrogen-bond acceptors (Lipinski definition) is 5. The van der Waals surface area contributed by atoms with Crippen LogP contribution in [0.25, 0.3) is 0 Å². The largest absolute Gasteiger partial charge is 0.618 e. The van der Waals surface area contributed by atoms with Crippen LogP contribution in [0.1, 0.15) is 23.0 Å². The van der Waals surface area contributed by atoms with Crippen molar-refractivity contribution in [3.63, 3.8) is 0 Å². The zero-order valence-electron chi connectivity index (χ0n) is 10.2. The van der Waals surface area contributed by atoms with Crippen molar-refractivity contribution < 1.29 is 32.6 Å². The van der Waals surface area contributed by atoms with Gasteiger partial charge in [-0.05, 0) is 6.92 Å². The Morgan fingerprint density at radius 2 is 2.11 bits per heavy atom. The number of rotatable bonds is 4. The summed E-state index contributed by atoms with van der Waals surface area (Å²) in [7, 11) is 1.06. The molecule has 1 aromatic heterocycles. The van der Waals surface area contributed by atoms with Gasteiger partial charge < -0.3 is 14.7 Å². The van der Waals surface area contributed by atoms with E-state index < -0.39 is 23.6 Å². The fraction of sp³-hybridized carbons (Fsp3) is 0.364. The van der Waals surface area contributed by atoms with Crippen LogP contribution in [0.3, 0.4) is 0 Å². The maximum Gasteiger partial charge on any atom is 0.425 e. The number of ether oxygens (including phenoxy) is 2. The molecule has 6 nitrogen and oxygen atoms in total. The normalized spacial score (nSPS) is 10.9. The molecule has 0 atom stereocenters. The van der Waals surface area contributed by atoms with E-state index in [-0.39, 0.29) is 16.9 Å². The molecule has 0 aliphatic heterocycles. The number of nitrogens with zero attached hydrogens (tertiary/aromatic N) is 1. The Bertz CT molecular complexity index is 504. The lowest BCUT2D eigenvalue weighted by molar-refractivity contribution is -0.623. The summed E-state index contributed by atoms with van der Waals surface area (Å²) in [6, 6.07) is 1.60. The first kappa shape index (κ1) is 14.8. The predicted molar refractivity (Wildman–Crippen MR) is 57.3 cm³/mol. The Labute approximate surface area is 107 Å². The molecule has 19 heavy (non-hydrogen) atoms. The summed E-state index contributed by atoms with van der Waals surface area (Å²) in [5.74, 6) is -6.91. The van der Waals surface area contributed by atoms with Gasteiger partial charge in [0.2, 0.25) is 0 Å². The fourth-order valence-corrected chi connectivity index (χ4v) is 1.29. The molecule has 0 aliphatic rings. The maximum absolute atomic E-state index is 13.7. The van der Waals surface area contributed by atoms with Gasteiger partial charge in [0, 0.05) is 12.1 Å². The molecule has 0 fully saturated rings. The number of esters is 2. The number of aromatic nitrogens is 1. The molecule has 0 unspecified atom stereocenters. The minimum atomic E-state index is -4.15. The van der Waals surface area contributed by atoms with Gasteiger partial charge in [0.1, 0.15) is 0 Å². The van der Waals surface area contributed by atoms with Crippen LogP contribution in [0.15, 0.2) is 18.3 Å². The standard InChI is InChI=1S/C11H11F2NO5/c1-3-19-10(16)11(12,13)8-6-7(9(15)18-2)4-5-14(8)17/h4-6H,3H2,1-2H3. The van der Waals surface area contributed by atoms with E-state index in [9.17, 15) is 23.6 Å². The molecule has 0 aliphatic carbocycles. The van der Waals surface area contributed by atoms with Crippen molar-refractivity contribution in [2.75, 3.05) is 13.7 Å². The molecular weight excluding hydrogens is 264 g/mol. The third-order valence-electron chi connectivity index (χ3n) is 2.19. The first-order valence-electron chi connectivity index (χ1n) is 5.21. The molecule has 0 bridgehead atoms. The Kier molecular flexibility index (Phi) is 4.36. The zero-order chi connectivity index (χ0) is 14.6. The molecule has 0 aromatic carbocycles. The topological polar surface area (TPSA) is 79.5 Å². The third-order valence-corrected chi connectivity index (χ3v) is 2.19. The molecule has 104 valence electrons. The second-order valence-electron chi connectivity index (χ2n) is 3.41. The van der Waals surface area contributed by atoms with Gasteiger partial charge in [-0.2, -0.15) is 13.5 Å². The minimum Gasteiger partial charge on any atom is -0.618 e. The summed E-state index contributed by atoms with van der Waals surface area (Å²) in [5, 5.41) is 11.3. The molecule has 0 saturated heterocycles. The van der Waals surface area contributed by atoms with Crippen LogP contribution in [0.2, 0.25) is 0 Å². The maximum atomic E-state index is 13.7. The summed E-state index contributed by atoms with van der Waals surface area (Å²) in [6.07, 6.45) is 0.689. The van der Waals surface area contributed by atoms with E-state index in [4.69, 9.17) is 0 Å². The van der Waals surface area contributed by atoms with Gasteiger partial charge in [0.15, 0.2) is 6.20 Å². The van der Waals surface area contributed by atoms with Crippen LogP contribution in [-0.4, -0.2) is 25.7 Å². The van der Waals surface area contributed by atoms with Gasteiger partial charge in [-0.15, -0.1) is 0 Å². The fourth-order valence-electron chi connectivity index (χ4n) is 1.29. The van der Waals surface area contributed by atoms with E-state index in [0.717, 1.165) is 13.2 Å². The quantitative estimate of drug-likeness (QED) is 0.460. The molecule has 0 radical (unpaired) electrons. The molecule has 0 N–H and O–H groups in total. The minimum absolute atomic E-state index is 0.205. The third kappa shape index (κ3) is 2.95. The van der Waals surface area contributed by atoms with Gasteiger partial charge in [0.25, 0.3) is 5.69 Å². The van der Waals surface area contributed by atoms with Crippen molar-refractivity contribution in [2.45, 2.75) is 12.8 Å². The Morgan fingerprint density at radius 3 is 2.63 bits per heavy atom. The van der Waals surface area contributed by atoms with Gasteiger partial charge in [0.05, 0.1) is 19.3 Å². The molecule has 1 aromatic rings. The first-order chi connectivity index (χ1) is 8.84. The number of pyridine rings is 1. The van der Waals surface area contributed by atoms with Gasteiger partial charge in [-0.3, -0.25) is 0 Å². The Morgan fingerprint density at radius 1 is 1.47 bits per heavy atom. The lowest BCUT2D eigenvalue weighted by Crippen LogP contribution is -2.43. The average molecular weight is 275 g/mol. The lowest BCUT2D eigenvalue weighted by Gasteiger charge is -2.14. The van der Waals surface area contributed by atoms with Crippen LogP contribution in [0.4, 0.5) is 8.78 Å². The van der Waals surface area contributed by atoms with Crippen LogP contribution in [0, 0.1) is 5.21 Å². The Balaban J connectivity index is 3.25. The summed E-state index contributed by atoms with van der Waals surface area (Å²) < 4.78 is 35.7. The lowest BCUT2D eigenvalue weighted by atomic mass is 10.1. The van der Waals surface area contributed by atoms with E-state index >= 15 is 0 Å². The van der Waals surface area contributed by atoms with Gasteiger partial charge in [-0.25, -0.2) is 9.59 Å². The van der Waals surface area contributed by atoms with Crippen LogP contribution in [0.5, 0.6) is 0 Å². The van der Waals surface area contributed by atoms with Crippen molar-refractivity contribution in [3.8, 4) is 0 Å². The summed E-state index contributed by atoms with van der Waals surface area (Å²) in [6.45, 7) is 1.09. The zero-order valence-corrected chi connectivity index (χ0v) is 10.2. The number of hydrogen-bond donors (Lipinski definition) is 0. The summed E-state index contributed by atoms with van der Waals surface area (Å²) in [5.41, 5.74) is -1.47. The predicted octanol–water partition coefficient (Wildman–Crippen LogP) is 0.762. The van der Waals surface area contributed by atoms with Crippen molar-refractivity contribution >= 4 is 11.9 Å². The highest BCUT2D eigenvalue weighted by atomic mass is 19.3. The smallest absolute Gasteiger partial charge is 0.425 e. The molecule has 1 heterocycles. The molecular formula is C11H11F2NO5. The molecule has 0 spiro atoms. The number of methoxy groups -OCH3 is 1. The van der Waals surface area contributed by atoms with Crippen LogP contribution < -0.4 is 4.73 Å². The highest BCUT2D eigenvalue weighted by molar-refractivity contribution is 5.89. The van der Waals surface area contributed by atoms with E-state index in [1.165, 1.54) is 6.92 Å². The number of alkyl halides is 2. The van der Waals surface area contributed by atoms with Crippen LogP contribution in [-0.2, 0) is 20.2 Å². The van der Waals surface area contributed by atoms with Crippen LogP contribution >= 0.6 is 0 Å². The van der Waals surface area contributed by atoms with Crippen molar-refractivity contribution in [1.82, 2.24) is 0 Å². The SMILES string of the molecule is CCOC(=O)C(F)(F)c1cc(C(=O)OC)cc[n+]1[O-]. The first-order valence-corrected chi connectivity index (χ1v) is 5.21. The van der Waals surface area contributed by atoms with E-state index in [2.05, 4.69) is 9.47 Å². The second kappa shape index (κ2) is 5.59. The molecule has 0 saturated carbocycles. The molecule has 8 heteroatoms. The molecule has 0 amide bonds. The monoisotopic (exact) mass is 275 g/mol. The summed E-state index contributed by atoms with van der Waals surface area (Å²) >= 11 is 0. The van der Waals surface area contributed by atoms with E-state index in [0.29, 0.717) is 12.3 Å². The highest BCUT2D eigenvalue weighted by Gasteiger charge is 2.50. The van der Waals surface area contributed by atoms with Gasteiger partial charge in [-0.1, -0.05) is 0 Å². The van der Waals surface area contributed by atoms with E-state index in [1.807, 2.05) is 0 Å². The van der Waals surface area contributed by atoms with Crippen molar-refractivity contribution in [2.24, 2.45) is 0 Å². The van der Waals surface area contributed by atoms with Crippen molar-refractivity contribution in [3.05, 3.63) is 34.8 Å². The molecule has 1 rings (SSSR count). The second-order valence-corrected chi connectivity index (χ2v) is 3.41. The number of carbonyl (C=O) groups excluding carboxylic acids is 2.